The molecule has 120 valence electrons. The van der Waals surface area contributed by atoms with Crippen LogP contribution in [0.15, 0.2) is 36.4 Å². The first-order valence-electron chi connectivity index (χ1n) is 6.94. The molecule has 0 aliphatic carbocycles. The Morgan fingerprint density at radius 1 is 1.09 bits per heavy atom. The van der Waals surface area contributed by atoms with Gasteiger partial charge < -0.3 is 19.7 Å². The highest BCUT2D eigenvalue weighted by Crippen LogP contribution is 2.32. The first-order valence-corrected chi connectivity index (χ1v) is 6.94. The molecular weight excluding hydrogens is 296 g/mol. The molecule has 2 aromatic rings. The van der Waals surface area contributed by atoms with E-state index in [4.69, 9.17) is 9.47 Å². The molecule has 0 heterocycles. The van der Waals surface area contributed by atoms with Crippen LogP contribution in [0.2, 0.25) is 0 Å². The van der Waals surface area contributed by atoms with E-state index in [9.17, 15) is 15.0 Å². The Morgan fingerprint density at radius 3 is 2.43 bits per heavy atom. The first-order chi connectivity index (χ1) is 11.0. The van der Waals surface area contributed by atoms with Gasteiger partial charge in [0.1, 0.15) is 23.0 Å². The van der Waals surface area contributed by atoms with Gasteiger partial charge in [0.25, 0.3) is 0 Å². The Morgan fingerprint density at radius 2 is 1.83 bits per heavy atom. The summed E-state index contributed by atoms with van der Waals surface area (Å²) in [4.78, 5) is 12.2. The van der Waals surface area contributed by atoms with Gasteiger partial charge in [-0.25, -0.2) is 0 Å². The zero-order valence-electron chi connectivity index (χ0n) is 13.2. The van der Waals surface area contributed by atoms with E-state index >= 15 is 0 Å². The van der Waals surface area contributed by atoms with Gasteiger partial charge >= 0.3 is 0 Å². The molecule has 0 amide bonds. The summed E-state index contributed by atoms with van der Waals surface area (Å²) in [5.74, 6) is 0.566. The number of phenols is 2. The molecule has 0 bridgehead atoms. The number of phenolic OH excluding ortho intramolecular Hbond substituents is 2. The Kier molecular flexibility index (Phi) is 4.91. The molecule has 0 unspecified atom stereocenters. The fourth-order valence-electron chi connectivity index (χ4n) is 2.30. The molecule has 0 aliphatic heterocycles. The number of rotatable bonds is 5. The largest absolute Gasteiger partial charge is 0.508 e. The van der Waals surface area contributed by atoms with Crippen molar-refractivity contribution in [3.05, 3.63) is 53.1 Å². The van der Waals surface area contributed by atoms with Crippen molar-refractivity contribution in [1.29, 1.82) is 0 Å². The van der Waals surface area contributed by atoms with Crippen molar-refractivity contribution < 1.29 is 24.5 Å². The van der Waals surface area contributed by atoms with Crippen molar-refractivity contribution >= 4 is 11.9 Å². The Balaban J connectivity index is 2.33. The van der Waals surface area contributed by atoms with Gasteiger partial charge in [-0.1, -0.05) is 0 Å². The second-order valence-corrected chi connectivity index (χ2v) is 4.91. The minimum Gasteiger partial charge on any atom is -0.508 e. The molecule has 0 atom stereocenters. The number of ketones is 1. The third-order valence-electron chi connectivity index (χ3n) is 3.47. The zero-order valence-corrected chi connectivity index (χ0v) is 13.2. The quantitative estimate of drug-likeness (QED) is 0.654. The van der Waals surface area contributed by atoms with Crippen LogP contribution >= 0.6 is 0 Å². The van der Waals surface area contributed by atoms with Crippen LogP contribution in [0.25, 0.3) is 6.08 Å². The van der Waals surface area contributed by atoms with E-state index in [1.807, 2.05) is 6.92 Å². The lowest BCUT2D eigenvalue weighted by molar-refractivity contribution is 0.104. The smallest absolute Gasteiger partial charge is 0.189 e. The first kappa shape index (κ1) is 16.4. The molecule has 0 aliphatic rings. The third-order valence-corrected chi connectivity index (χ3v) is 3.47. The van der Waals surface area contributed by atoms with Crippen molar-refractivity contribution in [1.82, 2.24) is 0 Å². The van der Waals surface area contributed by atoms with Crippen molar-refractivity contribution in [2.75, 3.05) is 14.2 Å². The minimum atomic E-state index is -0.377. The maximum atomic E-state index is 12.2. The van der Waals surface area contributed by atoms with E-state index in [1.165, 1.54) is 18.2 Å². The van der Waals surface area contributed by atoms with Crippen molar-refractivity contribution in [2.24, 2.45) is 0 Å². The van der Waals surface area contributed by atoms with Crippen LogP contribution < -0.4 is 9.47 Å². The molecule has 2 rings (SSSR count). The fourth-order valence-corrected chi connectivity index (χ4v) is 2.30. The lowest BCUT2D eigenvalue weighted by atomic mass is 10.1. The van der Waals surface area contributed by atoms with Crippen LogP contribution in [-0.4, -0.2) is 30.2 Å². The highest BCUT2D eigenvalue weighted by Gasteiger charge is 2.11. The Labute approximate surface area is 134 Å². The summed E-state index contributed by atoms with van der Waals surface area (Å²) >= 11 is 0. The van der Waals surface area contributed by atoms with Crippen LogP contribution in [0.4, 0.5) is 0 Å². The molecule has 0 spiro atoms. The van der Waals surface area contributed by atoms with Crippen LogP contribution in [0, 0.1) is 6.92 Å². The second-order valence-electron chi connectivity index (χ2n) is 4.91. The van der Waals surface area contributed by atoms with Crippen LogP contribution in [0.3, 0.4) is 0 Å². The van der Waals surface area contributed by atoms with Gasteiger partial charge in [-0.3, -0.25) is 4.79 Å². The summed E-state index contributed by atoms with van der Waals surface area (Å²) in [6.07, 6.45) is 2.95. The highest BCUT2D eigenvalue weighted by atomic mass is 16.5. The van der Waals surface area contributed by atoms with Crippen molar-refractivity contribution in [3.63, 3.8) is 0 Å². The molecule has 2 N–H and O–H groups in total. The maximum absolute atomic E-state index is 12.2. The number of aromatic hydroxyl groups is 2. The van der Waals surface area contributed by atoms with E-state index in [1.54, 1.807) is 32.4 Å². The number of allylic oxidation sites excluding steroid dienone is 1. The Bertz CT molecular complexity index is 762. The lowest BCUT2D eigenvalue weighted by Gasteiger charge is -2.12. The average Bonchev–Trinajstić information content (AvgIpc) is 2.52. The number of carbonyl (C=O) groups excluding carboxylic acids is 1. The summed E-state index contributed by atoms with van der Waals surface area (Å²) in [6, 6.07) is 7.41. The number of hydrogen-bond donors (Lipinski definition) is 2. The molecule has 23 heavy (non-hydrogen) atoms. The summed E-state index contributed by atoms with van der Waals surface area (Å²) in [5.41, 5.74) is 1.66. The van der Waals surface area contributed by atoms with E-state index in [-0.39, 0.29) is 22.8 Å². The maximum Gasteiger partial charge on any atom is 0.189 e. The van der Waals surface area contributed by atoms with Crippen molar-refractivity contribution in [2.45, 2.75) is 6.92 Å². The molecule has 0 fully saturated rings. The monoisotopic (exact) mass is 314 g/mol. The van der Waals surface area contributed by atoms with Gasteiger partial charge in [0.05, 0.1) is 19.8 Å². The van der Waals surface area contributed by atoms with E-state index in [0.717, 1.165) is 17.2 Å². The fraction of sp³-hybridized carbons (Fsp3) is 0.167. The molecule has 0 radical (unpaired) electrons. The zero-order chi connectivity index (χ0) is 17.0. The SMILES string of the molecule is COc1ccc(C=CC(=O)c2ccc(O)cc2O)c(OC)c1C. The van der Waals surface area contributed by atoms with Crippen LogP contribution in [-0.2, 0) is 0 Å². The van der Waals surface area contributed by atoms with Crippen molar-refractivity contribution in [3.8, 4) is 23.0 Å². The number of ether oxygens (including phenoxy) is 2. The third kappa shape index (κ3) is 3.45. The van der Waals surface area contributed by atoms with E-state index < -0.39 is 0 Å². The predicted octanol–water partition coefficient (Wildman–Crippen LogP) is 3.32. The molecule has 0 aromatic heterocycles. The predicted molar refractivity (Wildman–Crippen MR) is 87.4 cm³/mol. The number of carbonyl (C=O) groups is 1. The second kappa shape index (κ2) is 6.87. The Hall–Kier alpha value is -2.95. The lowest BCUT2D eigenvalue weighted by Crippen LogP contribution is -1.97. The van der Waals surface area contributed by atoms with Crippen LogP contribution in [0.1, 0.15) is 21.5 Å². The van der Waals surface area contributed by atoms with Gasteiger partial charge in [-0.05, 0) is 43.3 Å². The summed E-state index contributed by atoms with van der Waals surface area (Å²) in [6.45, 7) is 1.86. The molecule has 0 saturated carbocycles. The van der Waals surface area contributed by atoms with Crippen LogP contribution in [0.5, 0.6) is 23.0 Å². The normalized spacial score (nSPS) is 10.7. The molecule has 5 heteroatoms. The summed E-state index contributed by atoms with van der Waals surface area (Å²) in [5, 5.41) is 19.0. The van der Waals surface area contributed by atoms with Gasteiger partial charge in [-0.2, -0.15) is 0 Å². The summed E-state index contributed by atoms with van der Waals surface area (Å²) < 4.78 is 10.6. The number of methoxy groups -OCH3 is 2. The van der Waals surface area contributed by atoms with Gasteiger partial charge in [0.2, 0.25) is 0 Å². The molecule has 2 aromatic carbocycles. The number of hydrogen-bond acceptors (Lipinski definition) is 5. The van der Waals surface area contributed by atoms with Gasteiger partial charge in [0, 0.05) is 17.2 Å². The van der Waals surface area contributed by atoms with E-state index in [0.29, 0.717) is 11.5 Å². The van der Waals surface area contributed by atoms with Gasteiger partial charge in [-0.15, -0.1) is 0 Å². The standard InChI is InChI=1S/C18H18O5/c1-11-17(22-2)9-5-12(18(11)23-3)4-8-15(20)14-7-6-13(19)10-16(14)21/h4-10,19,21H,1-3H3. The minimum absolute atomic E-state index is 0.101. The topological polar surface area (TPSA) is 76.0 Å². The van der Waals surface area contributed by atoms with E-state index in [2.05, 4.69) is 0 Å². The average molecular weight is 314 g/mol. The molecular formula is C18H18O5. The highest BCUT2D eigenvalue weighted by molar-refractivity contribution is 6.08. The summed E-state index contributed by atoms with van der Waals surface area (Å²) in [7, 11) is 3.13. The van der Waals surface area contributed by atoms with Gasteiger partial charge in [0.15, 0.2) is 5.78 Å². The molecule has 5 nitrogen and oxygen atoms in total. The molecule has 0 saturated heterocycles. The number of benzene rings is 2.